The van der Waals surface area contributed by atoms with Gasteiger partial charge in [0.15, 0.2) is 0 Å². The molecule has 1 nitrogen and oxygen atoms in total. The molecule has 10 heavy (non-hydrogen) atoms. The Morgan fingerprint density at radius 2 is 2.30 bits per heavy atom. The molecule has 0 aromatic rings. The molecule has 0 N–H and O–H groups in total. The van der Waals surface area contributed by atoms with Gasteiger partial charge in [0.1, 0.15) is 0 Å². The lowest BCUT2D eigenvalue weighted by Gasteiger charge is -1.97. The average molecular weight is 138 g/mol. The third-order valence-electron chi connectivity index (χ3n) is 1.41. The van der Waals surface area contributed by atoms with Gasteiger partial charge in [0.05, 0.1) is 12.7 Å². The van der Waals surface area contributed by atoms with Crippen molar-refractivity contribution in [1.29, 1.82) is 0 Å². The van der Waals surface area contributed by atoms with Crippen molar-refractivity contribution in [2.45, 2.75) is 26.4 Å². The van der Waals surface area contributed by atoms with Crippen molar-refractivity contribution in [2.75, 3.05) is 6.61 Å². The highest BCUT2D eigenvalue weighted by Gasteiger charge is 2.18. The van der Waals surface area contributed by atoms with E-state index in [4.69, 9.17) is 4.74 Å². The van der Waals surface area contributed by atoms with E-state index in [9.17, 15) is 0 Å². The first-order chi connectivity index (χ1) is 4.68. The van der Waals surface area contributed by atoms with E-state index in [1.54, 1.807) is 0 Å². The second-order valence-electron chi connectivity index (χ2n) is 3.02. The molecule has 1 rings (SSSR count). The van der Waals surface area contributed by atoms with Gasteiger partial charge in [-0.3, -0.25) is 0 Å². The molecule has 1 heterocycles. The van der Waals surface area contributed by atoms with E-state index in [0.717, 1.165) is 13.0 Å². The SMILES string of the molecule is C=C(C)C/C(C)=C/C1CO1. The van der Waals surface area contributed by atoms with Gasteiger partial charge in [-0.15, -0.1) is 0 Å². The zero-order valence-corrected chi connectivity index (χ0v) is 6.68. The summed E-state index contributed by atoms with van der Waals surface area (Å²) in [5, 5.41) is 0. The van der Waals surface area contributed by atoms with Gasteiger partial charge in [-0.2, -0.15) is 0 Å². The Hall–Kier alpha value is -0.560. The molecule has 1 aliphatic heterocycles. The molecule has 1 heteroatoms. The fourth-order valence-corrected chi connectivity index (χ4v) is 1.00. The van der Waals surface area contributed by atoms with Gasteiger partial charge in [0, 0.05) is 0 Å². The maximum atomic E-state index is 5.05. The fraction of sp³-hybridized carbons (Fsp3) is 0.556. The van der Waals surface area contributed by atoms with E-state index < -0.39 is 0 Å². The molecule has 1 atom stereocenters. The molecule has 0 saturated carbocycles. The van der Waals surface area contributed by atoms with Gasteiger partial charge in [-0.25, -0.2) is 0 Å². The largest absolute Gasteiger partial charge is 0.369 e. The van der Waals surface area contributed by atoms with Gasteiger partial charge in [0.25, 0.3) is 0 Å². The molecule has 56 valence electrons. The van der Waals surface area contributed by atoms with Crippen LogP contribution in [0.25, 0.3) is 0 Å². The van der Waals surface area contributed by atoms with Crippen molar-refractivity contribution in [1.82, 2.24) is 0 Å². The van der Waals surface area contributed by atoms with Crippen molar-refractivity contribution in [2.24, 2.45) is 0 Å². The topological polar surface area (TPSA) is 12.5 Å². The van der Waals surface area contributed by atoms with Crippen molar-refractivity contribution in [3.63, 3.8) is 0 Å². The van der Waals surface area contributed by atoms with Crippen LogP contribution in [-0.4, -0.2) is 12.7 Å². The van der Waals surface area contributed by atoms with E-state index in [2.05, 4.69) is 19.6 Å². The molecular formula is C9H14O. The number of ether oxygens (including phenoxy) is 1. The molecule has 0 spiro atoms. The van der Waals surface area contributed by atoms with Crippen LogP contribution in [0.15, 0.2) is 23.8 Å². The molecular weight excluding hydrogens is 124 g/mol. The predicted octanol–water partition coefficient (Wildman–Crippen LogP) is 2.30. The minimum absolute atomic E-state index is 0.416. The van der Waals surface area contributed by atoms with Crippen LogP contribution in [0.5, 0.6) is 0 Å². The van der Waals surface area contributed by atoms with Gasteiger partial charge in [-0.1, -0.05) is 23.8 Å². The molecule has 0 aliphatic carbocycles. The molecule has 1 unspecified atom stereocenters. The van der Waals surface area contributed by atoms with Crippen LogP contribution in [0.1, 0.15) is 20.3 Å². The van der Waals surface area contributed by atoms with E-state index in [0.29, 0.717) is 6.10 Å². The number of hydrogen-bond donors (Lipinski definition) is 0. The monoisotopic (exact) mass is 138 g/mol. The summed E-state index contributed by atoms with van der Waals surface area (Å²) < 4.78 is 5.05. The van der Waals surface area contributed by atoms with Crippen LogP contribution in [0.3, 0.4) is 0 Å². The Balaban J connectivity index is 2.31. The number of hydrogen-bond acceptors (Lipinski definition) is 1. The summed E-state index contributed by atoms with van der Waals surface area (Å²) in [6, 6.07) is 0. The Bertz CT molecular complexity index is 164. The molecule has 0 aromatic heterocycles. The van der Waals surface area contributed by atoms with E-state index in [1.807, 2.05) is 6.92 Å². The molecule has 1 aliphatic rings. The molecule has 0 amide bonds. The lowest BCUT2D eigenvalue weighted by molar-refractivity contribution is 0.439. The Kier molecular flexibility index (Phi) is 2.28. The van der Waals surface area contributed by atoms with E-state index in [1.165, 1.54) is 11.1 Å². The smallest absolute Gasteiger partial charge is 0.0993 e. The lowest BCUT2D eigenvalue weighted by Crippen LogP contribution is -1.82. The highest BCUT2D eigenvalue weighted by molar-refractivity contribution is 5.12. The van der Waals surface area contributed by atoms with Crippen molar-refractivity contribution < 1.29 is 4.74 Å². The van der Waals surface area contributed by atoms with Crippen LogP contribution in [0, 0.1) is 0 Å². The Labute approximate surface area is 62.4 Å². The number of epoxide rings is 1. The zero-order valence-electron chi connectivity index (χ0n) is 6.68. The number of rotatable bonds is 3. The summed E-state index contributed by atoms with van der Waals surface area (Å²) in [4.78, 5) is 0. The summed E-state index contributed by atoms with van der Waals surface area (Å²) >= 11 is 0. The minimum atomic E-state index is 0.416. The molecule has 0 bridgehead atoms. The van der Waals surface area contributed by atoms with Crippen molar-refractivity contribution >= 4 is 0 Å². The van der Waals surface area contributed by atoms with Gasteiger partial charge >= 0.3 is 0 Å². The molecule has 0 radical (unpaired) electrons. The van der Waals surface area contributed by atoms with Gasteiger partial charge < -0.3 is 4.74 Å². The first-order valence-corrected chi connectivity index (χ1v) is 3.62. The second kappa shape index (κ2) is 3.02. The normalized spacial score (nSPS) is 24.6. The third kappa shape index (κ3) is 2.83. The molecule has 1 saturated heterocycles. The second-order valence-corrected chi connectivity index (χ2v) is 3.02. The first-order valence-electron chi connectivity index (χ1n) is 3.62. The third-order valence-corrected chi connectivity index (χ3v) is 1.41. The first kappa shape index (κ1) is 7.55. The Morgan fingerprint density at radius 3 is 2.70 bits per heavy atom. The quantitative estimate of drug-likeness (QED) is 0.430. The molecule has 1 fully saturated rings. The van der Waals surface area contributed by atoms with Gasteiger partial charge in [0.2, 0.25) is 0 Å². The lowest BCUT2D eigenvalue weighted by atomic mass is 10.1. The summed E-state index contributed by atoms with van der Waals surface area (Å²) in [5.41, 5.74) is 2.59. The summed E-state index contributed by atoms with van der Waals surface area (Å²) in [7, 11) is 0. The van der Waals surface area contributed by atoms with Crippen LogP contribution >= 0.6 is 0 Å². The summed E-state index contributed by atoms with van der Waals surface area (Å²) in [5.74, 6) is 0. The van der Waals surface area contributed by atoms with Gasteiger partial charge in [-0.05, 0) is 20.3 Å². The van der Waals surface area contributed by atoms with Crippen LogP contribution in [-0.2, 0) is 4.74 Å². The average Bonchev–Trinajstić information content (AvgIpc) is 2.46. The highest BCUT2D eigenvalue weighted by Crippen LogP contribution is 2.16. The maximum absolute atomic E-state index is 5.05. The fourth-order valence-electron chi connectivity index (χ4n) is 1.00. The summed E-state index contributed by atoms with van der Waals surface area (Å²) in [6.45, 7) is 8.92. The number of allylic oxidation sites excluding steroid dienone is 2. The maximum Gasteiger partial charge on any atom is 0.0993 e. The zero-order chi connectivity index (χ0) is 7.56. The highest BCUT2D eigenvalue weighted by atomic mass is 16.6. The van der Waals surface area contributed by atoms with E-state index in [-0.39, 0.29) is 0 Å². The van der Waals surface area contributed by atoms with Crippen molar-refractivity contribution in [3.8, 4) is 0 Å². The van der Waals surface area contributed by atoms with E-state index >= 15 is 0 Å². The van der Waals surface area contributed by atoms with Crippen LogP contribution in [0.2, 0.25) is 0 Å². The minimum Gasteiger partial charge on any atom is -0.369 e. The van der Waals surface area contributed by atoms with Crippen LogP contribution in [0.4, 0.5) is 0 Å². The predicted molar refractivity (Wildman–Crippen MR) is 42.9 cm³/mol. The standard InChI is InChI=1S/C9H14O/c1-7(2)4-8(3)5-9-6-10-9/h5,9H,1,4,6H2,2-3H3/b8-5+. The summed E-state index contributed by atoms with van der Waals surface area (Å²) in [6.07, 6.45) is 3.61. The van der Waals surface area contributed by atoms with Crippen LogP contribution < -0.4 is 0 Å². The molecule has 0 aromatic carbocycles. The Morgan fingerprint density at radius 1 is 1.70 bits per heavy atom. The van der Waals surface area contributed by atoms with Crippen molar-refractivity contribution in [3.05, 3.63) is 23.8 Å².